The Labute approximate surface area is 174 Å². The van der Waals surface area contributed by atoms with Crippen LogP contribution in [0.2, 0.25) is 0 Å². The third-order valence-corrected chi connectivity index (χ3v) is 5.66. The minimum Gasteiger partial charge on any atom is -0.342 e. The molecule has 1 aliphatic rings. The molecule has 7 nitrogen and oxygen atoms in total. The van der Waals surface area contributed by atoms with Crippen molar-refractivity contribution in [1.29, 1.82) is 0 Å². The smallest absolute Gasteiger partial charge is 0.324 e. The Morgan fingerprint density at radius 1 is 1.20 bits per heavy atom. The first kappa shape index (κ1) is 18.4. The molecule has 2 aromatic heterocycles. The number of aromatic amines is 1. The molecule has 1 saturated heterocycles. The van der Waals surface area contributed by atoms with E-state index in [-0.39, 0.29) is 11.9 Å². The molecule has 1 unspecified atom stereocenters. The molecule has 0 radical (unpaired) electrons. The summed E-state index contributed by atoms with van der Waals surface area (Å²) in [6.07, 6.45) is 1.93. The summed E-state index contributed by atoms with van der Waals surface area (Å²) >= 11 is 0. The number of nitrogens with zero attached hydrogens (tertiary/aromatic N) is 3. The summed E-state index contributed by atoms with van der Waals surface area (Å²) in [6, 6.07) is 17.5. The van der Waals surface area contributed by atoms with Crippen LogP contribution < -0.4 is 5.32 Å². The van der Waals surface area contributed by atoms with Crippen molar-refractivity contribution >= 4 is 22.9 Å². The molecule has 2 N–H and O–H groups in total. The van der Waals surface area contributed by atoms with Gasteiger partial charge in [0.15, 0.2) is 0 Å². The van der Waals surface area contributed by atoms with Gasteiger partial charge >= 0.3 is 6.03 Å². The predicted molar refractivity (Wildman–Crippen MR) is 115 cm³/mol. The van der Waals surface area contributed by atoms with Crippen LogP contribution in [0, 0.1) is 6.92 Å². The Kier molecular flexibility index (Phi) is 4.71. The topological polar surface area (TPSA) is 87.0 Å². The monoisotopic (exact) mass is 401 g/mol. The van der Waals surface area contributed by atoms with E-state index in [1.54, 1.807) is 6.07 Å². The number of H-pyrrole nitrogens is 1. The molecule has 152 valence electrons. The fraction of sp³-hybridized carbons (Fsp3) is 0.261. The van der Waals surface area contributed by atoms with E-state index in [2.05, 4.69) is 15.5 Å². The zero-order chi connectivity index (χ0) is 20.5. The standard InChI is InChI=1S/C23H23N5O2/c1-15-7-2-3-9-17(15)20-13-21(30-27-20)26-23(29)28-12-6-8-16(14-28)22-24-18-10-4-5-11-19(18)25-22/h2-5,7,9-11,13,16H,6,8,12,14H2,1H3,(H,24,25)(H,26,29). The van der Waals surface area contributed by atoms with Gasteiger partial charge in [0.25, 0.3) is 0 Å². The van der Waals surface area contributed by atoms with Crippen molar-refractivity contribution in [2.24, 2.45) is 0 Å². The highest BCUT2D eigenvalue weighted by Crippen LogP contribution is 2.28. The lowest BCUT2D eigenvalue weighted by molar-refractivity contribution is 0.190. The molecule has 7 heteroatoms. The summed E-state index contributed by atoms with van der Waals surface area (Å²) in [5.74, 6) is 1.48. The number of aromatic nitrogens is 3. The average molecular weight is 401 g/mol. The molecule has 4 aromatic rings. The maximum atomic E-state index is 12.8. The Bertz CT molecular complexity index is 1160. The highest BCUT2D eigenvalue weighted by molar-refractivity contribution is 5.88. The number of piperidine rings is 1. The van der Waals surface area contributed by atoms with Gasteiger partial charge in [0.1, 0.15) is 11.5 Å². The number of benzene rings is 2. The number of imidazole rings is 1. The third kappa shape index (κ3) is 3.54. The number of para-hydroxylation sites is 2. The van der Waals surface area contributed by atoms with Gasteiger partial charge in [0.2, 0.25) is 5.88 Å². The van der Waals surface area contributed by atoms with Crippen LogP contribution in [0.1, 0.15) is 30.1 Å². The van der Waals surface area contributed by atoms with Gasteiger partial charge in [-0.2, -0.15) is 0 Å². The van der Waals surface area contributed by atoms with Gasteiger partial charge in [-0.1, -0.05) is 41.6 Å². The van der Waals surface area contributed by atoms with Gasteiger partial charge in [0.05, 0.1) is 11.0 Å². The quantitative estimate of drug-likeness (QED) is 0.509. The van der Waals surface area contributed by atoms with Crippen LogP contribution in [0.3, 0.4) is 0 Å². The van der Waals surface area contributed by atoms with Crippen molar-refractivity contribution in [3.8, 4) is 11.3 Å². The summed E-state index contributed by atoms with van der Waals surface area (Å²) in [5, 5.41) is 6.96. The van der Waals surface area contributed by atoms with Crippen LogP contribution >= 0.6 is 0 Å². The second-order valence-corrected chi connectivity index (χ2v) is 7.75. The van der Waals surface area contributed by atoms with Gasteiger partial charge in [-0.15, -0.1) is 0 Å². The minimum atomic E-state index is -0.178. The molecule has 1 aliphatic heterocycles. The Morgan fingerprint density at radius 3 is 2.90 bits per heavy atom. The van der Waals surface area contributed by atoms with Crippen LogP contribution in [-0.2, 0) is 0 Å². The summed E-state index contributed by atoms with van der Waals surface area (Å²) in [7, 11) is 0. The number of fused-ring (bicyclic) bond motifs is 1. The first-order valence-electron chi connectivity index (χ1n) is 10.2. The Balaban J connectivity index is 1.28. The number of anilines is 1. The first-order chi connectivity index (χ1) is 14.7. The lowest BCUT2D eigenvalue weighted by atomic mass is 9.97. The van der Waals surface area contributed by atoms with Gasteiger partial charge < -0.3 is 14.4 Å². The van der Waals surface area contributed by atoms with E-state index in [1.807, 2.05) is 60.4 Å². The maximum absolute atomic E-state index is 12.8. The third-order valence-electron chi connectivity index (χ3n) is 5.66. The SMILES string of the molecule is Cc1ccccc1-c1cc(NC(=O)N2CCCC(c3nc4ccccc4[nH]3)C2)on1. The number of aryl methyl sites for hydroxylation is 1. The average Bonchev–Trinajstić information content (AvgIpc) is 3.41. The summed E-state index contributed by atoms with van der Waals surface area (Å²) in [6.45, 7) is 3.35. The second kappa shape index (κ2) is 7.67. The zero-order valence-electron chi connectivity index (χ0n) is 16.8. The molecule has 0 spiro atoms. The molecule has 2 aromatic carbocycles. The predicted octanol–water partition coefficient (Wildman–Crippen LogP) is 4.94. The van der Waals surface area contributed by atoms with Gasteiger partial charge in [0, 0.05) is 30.6 Å². The van der Waals surface area contributed by atoms with Crippen LogP contribution in [0.4, 0.5) is 10.7 Å². The largest absolute Gasteiger partial charge is 0.342 e. The van der Waals surface area contributed by atoms with Crippen LogP contribution in [0.15, 0.2) is 59.1 Å². The van der Waals surface area contributed by atoms with Crippen molar-refractivity contribution in [2.45, 2.75) is 25.7 Å². The molecule has 30 heavy (non-hydrogen) atoms. The highest BCUT2D eigenvalue weighted by atomic mass is 16.5. The molecule has 3 heterocycles. The van der Waals surface area contributed by atoms with Crippen molar-refractivity contribution in [2.75, 3.05) is 18.4 Å². The van der Waals surface area contributed by atoms with Gasteiger partial charge in [-0.05, 0) is 37.5 Å². The van der Waals surface area contributed by atoms with Gasteiger partial charge in [-0.3, -0.25) is 5.32 Å². The fourth-order valence-corrected chi connectivity index (χ4v) is 4.06. The minimum absolute atomic E-state index is 0.178. The summed E-state index contributed by atoms with van der Waals surface area (Å²) in [5.41, 5.74) is 4.79. The molecule has 0 saturated carbocycles. The molecule has 2 amide bonds. The molecule has 5 rings (SSSR count). The van der Waals surface area contributed by atoms with Crippen LogP contribution in [-0.4, -0.2) is 39.1 Å². The number of rotatable bonds is 3. The van der Waals surface area contributed by atoms with E-state index in [0.717, 1.165) is 40.8 Å². The van der Waals surface area contributed by atoms with E-state index >= 15 is 0 Å². The van der Waals surface area contributed by atoms with Crippen molar-refractivity contribution in [3.63, 3.8) is 0 Å². The number of carbonyl (C=O) groups is 1. The molecule has 0 bridgehead atoms. The first-order valence-corrected chi connectivity index (χ1v) is 10.2. The molecule has 0 aliphatic carbocycles. The lowest BCUT2D eigenvalue weighted by Gasteiger charge is -2.31. The molecular formula is C23H23N5O2. The van der Waals surface area contributed by atoms with E-state index in [9.17, 15) is 4.79 Å². The van der Waals surface area contributed by atoms with E-state index in [4.69, 9.17) is 9.51 Å². The van der Waals surface area contributed by atoms with Crippen LogP contribution in [0.5, 0.6) is 0 Å². The van der Waals surface area contributed by atoms with Crippen molar-refractivity contribution in [1.82, 2.24) is 20.0 Å². The molecular weight excluding hydrogens is 378 g/mol. The van der Waals surface area contributed by atoms with Crippen molar-refractivity contribution in [3.05, 3.63) is 66.0 Å². The molecule has 1 atom stereocenters. The van der Waals surface area contributed by atoms with Gasteiger partial charge in [-0.25, -0.2) is 9.78 Å². The van der Waals surface area contributed by atoms with E-state index < -0.39 is 0 Å². The van der Waals surface area contributed by atoms with E-state index in [1.165, 1.54) is 0 Å². The van der Waals surface area contributed by atoms with E-state index in [0.29, 0.717) is 24.7 Å². The number of likely N-dealkylation sites (tertiary alicyclic amines) is 1. The highest BCUT2D eigenvalue weighted by Gasteiger charge is 2.27. The Morgan fingerprint density at radius 2 is 2.03 bits per heavy atom. The second-order valence-electron chi connectivity index (χ2n) is 7.75. The lowest BCUT2D eigenvalue weighted by Crippen LogP contribution is -2.41. The number of hydrogen-bond acceptors (Lipinski definition) is 4. The maximum Gasteiger partial charge on any atom is 0.324 e. The normalized spacial score (nSPS) is 16.7. The van der Waals surface area contributed by atoms with Crippen LogP contribution in [0.25, 0.3) is 22.3 Å². The number of carbonyl (C=O) groups excluding carboxylic acids is 1. The number of urea groups is 1. The summed E-state index contributed by atoms with van der Waals surface area (Å²) in [4.78, 5) is 22.8. The molecule has 1 fully saturated rings. The number of hydrogen-bond donors (Lipinski definition) is 2. The zero-order valence-corrected chi connectivity index (χ0v) is 16.8. The fourth-order valence-electron chi connectivity index (χ4n) is 4.06. The van der Waals surface area contributed by atoms with Crippen molar-refractivity contribution < 1.29 is 9.32 Å². The number of nitrogens with one attached hydrogen (secondary N) is 2. The Hall–Kier alpha value is -3.61. The summed E-state index contributed by atoms with van der Waals surface area (Å²) < 4.78 is 5.36. The number of amides is 2.